The van der Waals surface area contributed by atoms with E-state index in [4.69, 9.17) is 0 Å². The molecule has 0 aromatic carbocycles. The topological polar surface area (TPSA) is 92.2 Å². The first-order valence-corrected chi connectivity index (χ1v) is 8.16. The molecule has 1 aromatic heterocycles. The summed E-state index contributed by atoms with van der Waals surface area (Å²) in [6.45, 7) is 0.593. The second kappa shape index (κ2) is 6.83. The lowest BCUT2D eigenvalue weighted by molar-refractivity contribution is 0.0848. The molecule has 8 heteroatoms. The summed E-state index contributed by atoms with van der Waals surface area (Å²) in [5, 5.41) is 20.5. The minimum atomic E-state index is -0.508. The Hall–Kier alpha value is -2.05. The number of ketones is 2. The monoisotopic (exact) mass is 323 g/mol. The molecule has 0 bridgehead atoms. The van der Waals surface area contributed by atoms with Gasteiger partial charge in [0.05, 0.1) is 35.7 Å². The van der Waals surface area contributed by atoms with Crippen LogP contribution in [-0.2, 0) is 0 Å². The first-order valence-electron chi connectivity index (χ1n) is 8.16. The number of nitrogens with one attached hydrogen (secondary N) is 1. The second-order valence-corrected chi connectivity index (χ2v) is 6.50. The Labute approximate surface area is 142 Å². The Bertz CT molecular complexity index is 748. The maximum Gasteiger partial charge on any atom is 0.182 e. The van der Waals surface area contributed by atoms with Gasteiger partial charge in [-0.2, -0.15) is 10.2 Å². The van der Waals surface area contributed by atoms with Crippen LogP contribution in [0.3, 0.4) is 0 Å². The van der Waals surface area contributed by atoms with E-state index in [2.05, 4.69) is 21.6 Å². The minimum Gasteiger partial charge on any atom is -0.390 e. The quantitative estimate of drug-likeness (QED) is 0.679. The molecule has 1 aromatic rings. The van der Waals surface area contributed by atoms with Crippen molar-refractivity contribution in [3.63, 3.8) is 0 Å². The summed E-state index contributed by atoms with van der Waals surface area (Å²) < 4.78 is 0. The number of hydrogen-bond donors (Lipinski definition) is 2. The normalized spacial score (nSPS) is 26.6. The van der Waals surface area contributed by atoms with E-state index in [-0.39, 0.29) is 23.8 Å². The summed E-state index contributed by atoms with van der Waals surface area (Å²) in [6.07, 6.45) is 7.25. The predicted octanol–water partition coefficient (Wildman–Crippen LogP) is -1.17. The van der Waals surface area contributed by atoms with Gasteiger partial charge in [0.2, 0.25) is 0 Å². The summed E-state index contributed by atoms with van der Waals surface area (Å²) in [6, 6.07) is -0.508. The van der Waals surface area contributed by atoms with Crippen LogP contribution >= 0.6 is 0 Å². The van der Waals surface area contributed by atoms with E-state index < -0.39 is 12.1 Å². The molecule has 2 aliphatic rings. The molecule has 122 valence electrons. The average molecular weight is 323 g/mol. The molecule has 3 atom stereocenters. The van der Waals surface area contributed by atoms with Gasteiger partial charge in [-0.05, 0) is 18.8 Å². The Morgan fingerprint density at radius 3 is 2.67 bits per heavy atom. The van der Waals surface area contributed by atoms with E-state index in [9.17, 15) is 14.7 Å². The molecule has 0 radical (unpaired) electrons. The van der Waals surface area contributed by atoms with Gasteiger partial charge in [0.1, 0.15) is 15.7 Å². The molecule has 0 aliphatic heterocycles. The Morgan fingerprint density at radius 1 is 1.25 bits per heavy atom. The molecule has 0 fully saturated rings. The molecule has 0 amide bonds. The zero-order chi connectivity index (χ0) is 17.3. The highest BCUT2D eigenvalue weighted by atomic mass is 16.3. The van der Waals surface area contributed by atoms with E-state index in [1.807, 2.05) is 21.8 Å². The largest absolute Gasteiger partial charge is 0.390 e. The van der Waals surface area contributed by atoms with Crippen molar-refractivity contribution in [3.8, 4) is 0 Å². The second-order valence-electron chi connectivity index (χ2n) is 6.50. The smallest absolute Gasteiger partial charge is 0.182 e. The zero-order valence-electron chi connectivity index (χ0n) is 13.8. The molecular formula is C16H19B2N3O3. The third-order valence-electron chi connectivity index (χ3n) is 4.66. The summed E-state index contributed by atoms with van der Waals surface area (Å²) in [4.78, 5) is 24.6. The lowest BCUT2D eigenvalue weighted by atomic mass is 9.69. The molecular weight excluding hydrogens is 304 g/mol. The highest BCUT2D eigenvalue weighted by Gasteiger charge is 2.32. The van der Waals surface area contributed by atoms with Gasteiger partial charge >= 0.3 is 0 Å². The lowest BCUT2D eigenvalue weighted by Crippen LogP contribution is -2.43. The van der Waals surface area contributed by atoms with E-state index in [0.29, 0.717) is 17.7 Å². The maximum atomic E-state index is 12.4. The van der Waals surface area contributed by atoms with E-state index in [1.54, 1.807) is 0 Å². The number of allylic oxidation sites excluding steroid dienone is 1. The fraction of sp³-hybridized carbons (Fsp3) is 0.375. The van der Waals surface area contributed by atoms with Gasteiger partial charge in [-0.15, -0.1) is 0 Å². The summed E-state index contributed by atoms with van der Waals surface area (Å²) in [7, 11) is 3.90. The predicted molar refractivity (Wildman–Crippen MR) is 94.7 cm³/mol. The van der Waals surface area contributed by atoms with Gasteiger partial charge in [0.25, 0.3) is 0 Å². The number of fused-ring (bicyclic) bond motifs is 1. The van der Waals surface area contributed by atoms with Crippen LogP contribution in [-0.4, -0.2) is 61.3 Å². The number of carbonyl (C=O) groups excluding carboxylic acids is 2. The van der Waals surface area contributed by atoms with Crippen molar-refractivity contribution in [2.75, 3.05) is 6.54 Å². The van der Waals surface area contributed by atoms with Gasteiger partial charge in [0.15, 0.2) is 11.6 Å². The molecule has 0 saturated carbocycles. The van der Waals surface area contributed by atoms with Gasteiger partial charge in [-0.3, -0.25) is 9.59 Å². The van der Waals surface area contributed by atoms with E-state index >= 15 is 0 Å². The Morgan fingerprint density at radius 2 is 1.96 bits per heavy atom. The van der Waals surface area contributed by atoms with E-state index in [0.717, 1.165) is 17.5 Å². The van der Waals surface area contributed by atoms with Crippen molar-refractivity contribution in [2.45, 2.75) is 30.8 Å². The van der Waals surface area contributed by atoms with Crippen LogP contribution in [0.1, 0.15) is 33.6 Å². The van der Waals surface area contributed by atoms with Crippen molar-refractivity contribution < 1.29 is 14.7 Å². The van der Waals surface area contributed by atoms with Gasteiger partial charge in [0, 0.05) is 6.42 Å². The van der Waals surface area contributed by atoms with E-state index in [1.165, 1.54) is 12.4 Å². The van der Waals surface area contributed by atoms with Gasteiger partial charge < -0.3 is 10.4 Å². The standard InChI is InChI=1S/C16H19B2N3O3/c17-11-3-8(4-12(18)16(11)24)1-2-19-13-5-14(22)9-6-20-21-7-10(9)15(13)23/h3-4,6-7,11,13,16,19,24H,1-2,5,17-18H2. The number of aliphatic hydroxyl groups is 1. The molecule has 1 heterocycles. The third kappa shape index (κ3) is 3.25. The van der Waals surface area contributed by atoms with Crippen molar-refractivity contribution in [2.24, 2.45) is 0 Å². The van der Waals surface area contributed by atoms with Gasteiger partial charge in [-0.1, -0.05) is 23.2 Å². The number of aromatic nitrogens is 2. The molecule has 6 nitrogen and oxygen atoms in total. The van der Waals surface area contributed by atoms with Crippen molar-refractivity contribution >= 4 is 27.3 Å². The molecule has 0 saturated heterocycles. The molecule has 2 N–H and O–H groups in total. The van der Waals surface area contributed by atoms with Crippen LogP contribution in [0.2, 0.25) is 5.82 Å². The first kappa shape index (κ1) is 16.8. The van der Waals surface area contributed by atoms with Crippen molar-refractivity contribution in [1.29, 1.82) is 0 Å². The lowest BCUT2D eigenvalue weighted by Gasteiger charge is -2.25. The average Bonchev–Trinajstić information content (AvgIpc) is 2.57. The van der Waals surface area contributed by atoms with Crippen LogP contribution in [0, 0.1) is 0 Å². The fourth-order valence-electron chi connectivity index (χ4n) is 3.30. The number of Topliss-reactive ketones (excluding diaryl/α,β-unsaturated/α-hetero) is 2. The minimum absolute atomic E-state index is 0.0821. The SMILES string of the molecule is BC1=CC(CCNC2CC(=O)c3cnncc3C2=O)=CC(B)C1O. The Balaban J connectivity index is 1.62. The van der Waals surface area contributed by atoms with Crippen LogP contribution in [0.4, 0.5) is 0 Å². The highest BCUT2D eigenvalue weighted by Crippen LogP contribution is 2.25. The van der Waals surface area contributed by atoms with Crippen LogP contribution in [0.15, 0.2) is 35.6 Å². The fourth-order valence-corrected chi connectivity index (χ4v) is 3.30. The summed E-state index contributed by atoms with van der Waals surface area (Å²) >= 11 is 0. The molecule has 3 unspecified atom stereocenters. The van der Waals surface area contributed by atoms with Crippen molar-refractivity contribution in [1.82, 2.24) is 15.5 Å². The summed E-state index contributed by atoms with van der Waals surface area (Å²) in [5.41, 5.74) is 2.81. The number of aliphatic hydroxyl groups excluding tert-OH is 1. The summed E-state index contributed by atoms with van der Waals surface area (Å²) in [5.74, 6) is -0.0951. The Kier molecular flexibility index (Phi) is 4.78. The molecule has 24 heavy (non-hydrogen) atoms. The van der Waals surface area contributed by atoms with Crippen LogP contribution in [0.25, 0.3) is 0 Å². The molecule has 3 rings (SSSR count). The molecule has 2 aliphatic carbocycles. The highest BCUT2D eigenvalue weighted by molar-refractivity contribution is 6.24. The molecule has 0 spiro atoms. The zero-order valence-corrected chi connectivity index (χ0v) is 13.8. The van der Waals surface area contributed by atoms with Gasteiger partial charge in [-0.25, -0.2) is 0 Å². The van der Waals surface area contributed by atoms with Crippen LogP contribution in [0.5, 0.6) is 0 Å². The first-order chi connectivity index (χ1) is 11.5. The number of rotatable bonds is 4. The number of nitrogens with zero attached hydrogens (tertiary/aromatic N) is 2. The van der Waals surface area contributed by atoms with Crippen LogP contribution < -0.4 is 5.32 Å². The number of carbonyl (C=O) groups is 2. The third-order valence-corrected chi connectivity index (χ3v) is 4.66. The maximum absolute atomic E-state index is 12.4. The van der Waals surface area contributed by atoms with Crippen molar-refractivity contribution in [3.05, 3.63) is 46.7 Å². The number of hydrogen-bond acceptors (Lipinski definition) is 6.